The van der Waals surface area contributed by atoms with E-state index < -0.39 is 10.0 Å². The minimum Gasteiger partial charge on any atom is -0.341 e. The van der Waals surface area contributed by atoms with Gasteiger partial charge < -0.3 is 4.90 Å². The highest BCUT2D eigenvalue weighted by Gasteiger charge is 2.28. The maximum atomic E-state index is 13.0. The molecule has 156 valence electrons. The highest BCUT2D eigenvalue weighted by Crippen LogP contribution is 2.25. The summed E-state index contributed by atoms with van der Waals surface area (Å²) in [7, 11) is -3.57. The van der Waals surface area contributed by atoms with Gasteiger partial charge in [0.15, 0.2) is 0 Å². The highest BCUT2D eigenvalue weighted by atomic mass is 32.2. The molecule has 0 unspecified atom stereocenters. The average Bonchev–Trinajstić information content (AvgIpc) is 3.25. The SMILES string of the molecule is CC1CCN(S(=O)(=O)c2ccc3c(ccc(=O)n3CC(=O)N3CCCC3)c2)CC1. The van der Waals surface area contributed by atoms with Crippen molar-refractivity contribution >= 4 is 26.8 Å². The molecule has 1 amide bonds. The van der Waals surface area contributed by atoms with Crippen LogP contribution in [-0.2, 0) is 21.4 Å². The molecule has 2 saturated heterocycles. The van der Waals surface area contributed by atoms with Crippen molar-refractivity contribution in [2.24, 2.45) is 5.92 Å². The lowest BCUT2D eigenvalue weighted by molar-refractivity contribution is -0.130. The Morgan fingerprint density at radius 1 is 1.03 bits per heavy atom. The van der Waals surface area contributed by atoms with E-state index in [1.54, 1.807) is 33.5 Å². The van der Waals surface area contributed by atoms with Gasteiger partial charge in [0.05, 0.1) is 10.4 Å². The summed E-state index contributed by atoms with van der Waals surface area (Å²) in [5.41, 5.74) is 0.321. The van der Waals surface area contributed by atoms with Crippen LogP contribution in [0.4, 0.5) is 0 Å². The van der Waals surface area contributed by atoms with Gasteiger partial charge in [-0.25, -0.2) is 8.42 Å². The largest absolute Gasteiger partial charge is 0.341 e. The lowest BCUT2D eigenvalue weighted by atomic mass is 10.0. The fourth-order valence-corrected chi connectivity index (χ4v) is 5.69. The van der Waals surface area contributed by atoms with Gasteiger partial charge in [-0.3, -0.25) is 14.2 Å². The van der Waals surface area contributed by atoms with E-state index in [2.05, 4.69) is 6.92 Å². The first-order chi connectivity index (χ1) is 13.9. The van der Waals surface area contributed by atoms with Crippen LogP contribution in [-0.4, -0.2) is 54.3 Å². The second-order valence-electron chi connectivity index (χ2n) is 8.15. The van der Waals surface area contributed by atoms with Gasteiger partial charge in [0.1, 0.15) is 6.54 Å². The molecule has 2 aliphatic rings. The fraction of sp³-hybridized carbons (Fsp3) is 0.524. The molecule has 8 heteroatoms. The van der Waals surface area contributed by atoms with Gasteiger partial charge in [0.25, 0.3) is 5.56 Å². The summed E-state index contributed by atoms with van der Waals surface area (Å²) >= 11 is 0. The van der Waals surface area contributed by atoms with Gasteiger partial charge in [-0.2, -0.15) is 4.31 Å². The number of hydrogen-bond donors (Lipinski definition) is 0. The Bertz CT molecular complexity index is 1080. The number of sulfonamides is 1. The average molecular weight is 418 g/mol. The third-order valence-corrected chi connectivity index (χ3v) is 7.99. The van der Waals surface area contributed by atoms with E-state index in [0.717, 1.165) is 38.8 Å². The third kappa shape index (κ3) is 3.96. The van der Waals surface area contributed by atoms with Crippen LogP contribution in [0, 0.1) is 5.92 Å². The second kappa shape index (κ2) is 7.91. The summed E-state index contributed by atoms with van der Waals surface area (Å²) in [6.07, 6.45) is 3.72. The van der Waals surface area contributed by atoms with Crippen molar-refractivity contribution in [2.45, 2.75) is 44.0 Å². The zero-order valence-corrected chi connectivity index (χ0v) is 17.5. The summed E-state index contributed by atoms with van der Waals surface area (Å²) in [5.74, 6) is 0.469. The minimum absolute atomic E-state index is 0.0215. The normalized spacial score (nSPS) is 19.1. The van der Waals surface area contributed by atoms with Crippen LogP contribution in [0.5, 0.6) is 0 Å². The van der Waals surface area contributed by atoms with Gasteiger partial charge in [-0.15, -0.1) is 0 Å². The summed E-state index contributed by atoms with van der Waals surface area (Å²) in [5, 5.41) is 0.644. The molecular formula is C21H27N3O4S. The van der Waals surface area contributed by atoms with Crippen LogP contribution in [0.3, 0.4) is 0 Å². The molecule has 4 rings (SSSR count). The van der Waals surface area contributed by atoms with Gasteiger partial charge in [-0.1, -0.05) is 6.92 Å². The quantitative estimate of drug-likeness (QED) is 0.763. The van der Waals surface area contributed by atoms with Crippen LogP contribution < -0.4 is 5.56 Å². The highest BCUT2D eigenvalue weighted by molar-refractivity contribution is 7.89. The summed E-state index contributed by atoms with van der Waals surface area (Å²) in [4.78, 5) is 27.0. The summed E-state index contributed by atoms with van der Waals surface area (Å²) in [6.45, 7) is 4.65. The third-order valence-electron chi connectivity index (χ3n) is 6.09. The predicted molar refractivity (Wildman–Crippen MR) is 111 cm³/mol. The molecule has 1 aromatic carbocycles. The van der Waals surface area contributed by atoms with Gasteiger partial charge in [0.2, 0.25) is 15.9 Å². The standard InChI is InChI=1S/C21H27N3O4S/c1-16-8-12-23(13-9-16)29(27,28)18-5-6-19-17(14-18)4-7-20(25)24(19)15-21(26)22-10-2-3-11-22/h4-7,14,16H,2-3,8-13,15H2,1H3. The molecule has 2 aromatic rings. The molecule has 29 heavy (non-hydrogen) atoms. The lowest BCUT2D eigenvalue weighted by Crippen LogP contribution is -2.37. The Hall–Kier alpha value is -2.19. The molecule has 0 aliphatic carbocycles. The molecule has 2 aliphatic heterocycles. The van der Waals surface area contributed by atoms with E-state index in [9.17, 15) is 18.0 Å². The van der Waals surface area contributed by atoms with E-state index >= 15 is 0 Å². The lowest BCUT2D eigenvalue weighted by Gasteiger charge is -2.29. The zero-order chi connectivity index (χ0) is 20.6. The number of hydrogen-bond acceptors (Lipinski definition) is 4. The van der Waals surface area contributed by atoms with Crippen molar-refractivity contribution in [3.05, 3.63) is 40.7 Å². The Labute approximate surface area is 171 Å². The first-order valence-electron chi connectivity index (χ1n) is 10.3. The molecule has 0 saturated carbocycles. The maximum Gasteiger partial charge on any atom is 0.251 e. The first kappa shape index (κ1) is 20.1. The number of pyridine rings is 1. The van der Waals surface area contributed by atoms with E-state index in [0.29, 0.717) is 29.9 Å². The number of aromatic nitrogens is 1. The fourth-order valence-electron chi connectivity index (χ4n) is 4.18. The molecule has 7 nitrogen and oxygen atoms in total. The van der Waals surface area contributed by atoms with Crippen molar-refractivity contribution in [1.82, 2.24) is 13.8 Å². The van der Waals surface area contributed by atoms with E-state index in [1.807, 2.05) is 0 Å². The number of likely N-dealkylation sites (tertiary alicyclic amines) is 1. The number of fused-ring (bicyclic) bond motifs is 1. The van der Waals surface area contributed by atoms with Crippen molar-refractivity contribution < 1.29 is 13.2 Å². The van der Waals surface area contributed by atoms with E-state index in [1.165, 1.54) is 10.6 Å². The van der Waals surface area contributed by atoms with Gasteiger partial charge in [0, 0.05) is 32.2 Å². The van der Waals surface area contributed by atoms with Crippen LogP contribution in [0.15, 0.2) is 40.0 Å². The Kier molecular flexibility index (Phi) is 5.48. The first-order valence-corrected chi connectivity index (χ1v) is 11.7. The minimum atomic E-state index is -3.57. The van der Waals surface area contributed by atoms with Gasteiger partial charge in [-0.05, 0) is 61.3 Å². The summed E-state index contributed by atoms with van der Waals surface area (Å²) in [6, 6.07) is 7.84. The van der Waals surface area contributed by atoms with Crippen molar-refractivity contribution in [2.75, 3.05) is 26.2 Å². The molecule has 0 bridgehead atoms. The maximum absolute atomic E-state index is 13.0. The number of carbonyl (C=O) groups excluding carboxylic acids is 1. The topological polar surface area (TPSA) is 79.7 Å². The molecule has 0 atom stereocenters. The number of nitrogens with zero attached hydrogens (tertiary/aromatic N) is 3. The molecular weight excluding hydrogens is 390 g/mol. The molecule has 0 N–H and O–H groups in total. The smallest absolute Gasteiger partial charge is 0.251 e. The van der Waals surface area contributed by atoms with E-state index in [4.69, 9.17) is 0 Å². The molecule has 2 fully saturated rings. The van der Waals surface area contributed by atoms with Crippen molar-refractivity contribution in [1.29, 1.82) is 0 Å². The molecule has 0 spiro atoms. The molecule has 1 aromatic heterocycles. The van der Waals surface area contributed by atoms with Crippen LogP contribution in [0.2, 0.25) is 0 Å². The second-order valence-corrected chi connectivity index (χ2v) is 10.1. The number of rotatable bonds is 4. The van der Waals surface area contributed by atoms with Gasteiger partial charge >= 0.3 is 0 Å². The zero-order valence-electron chi connectivity index (χ0n) is 16.7. The number of carbonyl (C=O) groups is 1. The number of benzene rings is 1. The molecule has 3 heterocycles. The van der Waals surface area contributed by atoms with Crippen LogP contribution in [0.1, 0.15) is 32.6 Å². The summed E-state index contributed by atoms with van der Waals surface area (Å²) < 4.78 is 29.1. The van der Waals surface area contributed by atoms with Crippen molar-refractivity contribution in [3.63, 3.8) is 0 Å². The molecule has 0 radical (unpaired) electrons. The Morgan fingerprint density at radius 2 is 1.72 bits per heavy atom. The Balaban J connectivity index is 1.65. The Morgan fingerprint density at radius 3 is 2.41 bits per heavy atom. The van der Waals surface area contributed by atoms with Crippen LogP contribution in [0.25, 0.3) is 10.9 Å². The van der Waals surface area contributed by atoms with Crippen LogP contribution >= 0.6 is 0 Å². The van der Waals surface area contributed by atoms with E-state index in [-0.39, 0.29) is 22.9 Å². The number of amides is 1. The van der Waals surface area contributed by atoms with Crippen molar-refractivity contribution in [3.8, 4) is 0 Å². The predicted octanol–water partition coefficient (Wildman–Crippen LogP) is 2.04. The number of piperidine rings is 1. The monoisotopic (exact) mass is 417 g/mol.